The lowest BCUT2D eigenvalue weighted by Gasteiger charge is -2.18. The van der Waals surface area contributed by atoms with Crippen LogP contribution in [0, 0.1) is 11.3 Å². The maximum absolute atomic E-state index is 12.4. The van der Waals surface area contributed by atoms with Gasteiger partial charge in [0.15, 0.2) is 0 Å². The first-order chi connectivity index (χ1) is 12.3. The predicted molar refractivity (Wildman–Crippen MR) is 98.3 cm³/mol. The fourth-order valence-corrected chi connectivity index (χ4v) is 2.67. The third-order valence-electron chi connectivity index (χ3n) is 3.82. The Kier molecular flexibility index (Phi) is 6.24. The molecule has 2 aromatic rings. The molecule has 136 valence electrons. The molecular formula is C17H16Cl2N4O3. The van der Waals surface area contributed by atoms with E-state index in [1.54, 1.807) is 38.2 Å². The smallest absolute Gasteiger partial charge is 0.331 e. The maximum atomic E-state index is 12.4. The van der Waals surface area contributed by atoms with Crippen LogP contribution in [0.25, 0.3) is 0 Å². The van der Waals surface area contributed by atoms with Gasteiger partial charge in [0.1, 0.15) is 18.2 Å². The van der Waals surface area contributed by atoms with Crippen molar-refractivity contribution in [2.75, 3.05) is 7.05 Å². The molecule has 0 aliphatic carbocycles. The Morgan fingerprint density at radius 3 is 2.54 bits per heavy atom. The van der Waals surface area contributed by atoms with Gasteiger partial charge in [-0.1, -0.05) is 29.3 Å². The molecule has 1 amide bonds. The van der Waals surface area contributed by atoms with E-state index < -0.39 is 23.7 Å². The summed E-state index contributed by atoms with van der Waals surface area (Å²) in [6, 6.07) is 6.74. The Hall–Kier alpha value is -2.56. The number of halogens is 2. The summed E-state index contributed by atoms with van der Waals surface area (Å²) in [6.07, 6.45) is 1.20. The largest absolute Gasteiger partial charge is 0.340 e. The van der Waals surface area contributed by atoms with Gasteiger partial charge in [0.25, 0.3) is 5.56 Å². The van der Waals surface area contributed by atoms with E-state index in [-0.39, 0.29) is 18.7 Å². The molecule has 0 N–H and O–H groups in total. The van der Waals surface area contributed by atoms with Gasteiger partial charge in [-0.2, -0.15) is 5.26 Å². The van der Waals surface area contributed by atoms with Crippen LogP contribution in [0.15, 0.2) is 34.0 Å². The molecule has 0 radical (unpaired) electrons. The Balaban J connectivity index is 2.26. The van der Waals surface area contributed by atoms with Gasteiger partial charge in [-0.25, -0.2) is 9.36 Å². The fraction of sp³-hybridized carbons (Fsp3) is 0.294. The van der Waals surface area contributed by atoms with Crippen LogP contribution in [0.2, 0.25) is 10.0 Å². The molecule has 0 spiro atoms. The maximum Gasteiger partial charge on any atom is 0.331 e. The van der Waals surface area contributed by atoms with Crippen LogP contribution in [-0.2, 0) is 24.4 Å². The van der Waals surface area contributed by atoms with Crippen LogP contribution in [0.3, 0.4) is 0 Å². The van der Waals surface area contributed by atoms with Gasteiger partial charge < -0.3 is 4.90 Å². The number of carbonyl (C=O) groups excluding carboxylic acids is 1. The number of carbonyl (C=O) groups is 1. The molecule has 0 aliphatic heterocycles. The van der Waals surface area contributed by atoms with Gasteiger partial charge >= 0.3 is 5.69 Å². The van der Waals surface area contributed by atoms with Crippen molar-refractivity contribution in [1.82, 2.24) is 14.0 Å². The van der Waals surface area contributed by atoms with Crippen LogP contribution >= 0.6 is 23.2 Å². The minimum absolute atomic E-state index is 0.189. The van der Waals surface area contributed by atoms with Crippen molar-refractivity contribution in [3.05, 3.63) is 66.4 Å². The molecule has 0 saturated heterocycles. The molecule has 0 atom stereocenters. The quantitative estimate of drug-likeness (QED) is 0.773. The number of amides is 1. The molecule has 0 aliphatic rings. The number of nitrogens with zero attached hydrogens (tertiary/aromatic N) is 4. The zero-order valence-electron chi connectivity index (χ0n) is 14.2. The summed E-state index contributed by atoms with van der Waals surface area (Å²) in [6.45, 7) is 1.76. The SMILES string of the molecule is CCn1cc(C#N)c(=O)n(CC(=O)N(C)Cc2ccc(Cl)c(Cl)c2)c1=O. The van der Waals surface area contributed by atoms with Crippen LogP contribution in [0.4, 0.5) is 0 Å². The Labute approximate surface area is 159 Å². The van der Waals surface area contributed by atoms with Gasteiger partial charge in [0, 0.05) is 26.3 Å². The lowest BCUT2D eigenvalue weighted by molar-refractivity contribution is -0.131. The van der Waals surface area contributed by atoms with Crippen LogP contribution in [0.5, 0.6) is 0 Å². The lowest BCUT2D eigenvalue weighted by Crippen LogP contribution is -2.44. The summed E-state index contributed by atoms with van der Waals surface area (Å²) >= 11 is 11.8. The van der Waals surface area contributed by atoms with E-state index in [0.717, 1.165) is 10.1 Å². The normalized spacial score (nSPS) is 10.4. The van der Waals surface area contributed by atoms with E-state index in [2.05, 4.69) is 0 Å². The van der Waals surface area contributed by atoms with Crippen LogP contribution < -0.4 is 11.2 Å². The molecule has 9 heteroatoms. The predicted octanol–water partition coefficient (Wildman–Crippen LogP) is 1.87. The Morgan fingerprint density at radius 1 is 1.27 bits per heavy atom. The summed E-state index contributed by atoms with van der Waals surface area (Å²) < 4.78 is 1.99. The highest BCUT2D eigenvalue weighted by Gasteiger charge is 2.16. The summed E-state index contributed by atoms with van der Waals surface area (Å²) in [5.41, 5.74) is -0.850. The number of aromatic nitrogens is 2. The number of hydrogen-bond donors (Lipinski definition) is 0. The summed E-state index contributed by atoms with van der Waals surface area (Å²) in [4.78, 5) is 38.3. The number of likely N-dealkylation sites (N-methyl/N-ethyl adjacent to an activating group) is 1. The van der Waals surface area contributed by atoms with Gasteiger partial charge in [-0.3, -0.25) is 14.2 Å². The Bertz CT molecular complexity index is 1000. The van der Waals surface area contributed by atoms with Gasteiger partial charge in [0.05, 0.1) is 10.0 Å². The summed E-state index contributed by atoms with van der Waals surface area (Å²) in [5.74, 6) is -0.451. The first-order valence-corrected chi connectivity index (χ1v) is 8.46. The topological polar surface area (TPSA) is 88.1 Å². The second kappa shape index (κ2) is 8.21. The van der Waals surface area contributed by atoms with E-state index in [1.807, 2.05) is 0 Å². The van der Waals surface area contributed by atoms with E-state index in [0.29, 0.717) is 10.0 Å². The van der Waals surface area contributed by atoms with Crippen molar-refractivity contribution < 1.29 is 4.79 Å². The van der Waals surface area contributed by atoms with Crippen molar-refractivity contribution in [1.29, 1.82) is 5.26 Å². The second-order valence-corrected chi connectivity index (χ2v) is 6.43. The average molecular weight is 395 g/mol. The molecule has 0 saturated carbocycles. The zero-order valence-corrected chi connectivity index (χ0v) is 15.7. The minimum Gasteiger partial charge on any atom is -0.340 e. The number of benzene rings is 1. The summed E-state index contributed by atoms with van der Waals surface area (Å²) in [5, 5.41) is 9.82. The van der Waals surface area contributed by atoms with Crippen LogP contribution in [0.1, 0.15) is 18.1 Å². The molecule has 2 rings (SSSR count). The molecule has 0 unspecified atom stereocenters. The Morgan fingerprint density at radius 2 is 1.96 bits per heavy atom. The third kappa shape index (κ3) is 4.15. The molecular weight excluding hydrogens is 379 g/mol. The van der Waals surface area contributed by atoms with E-state index in [9.17, 15) is 14.4 Å². The first-order valence-electron chi connectivity index (χ1n) is 7.70. The van der Waals surface area contributed by atoms with Crippen molar-refractivity contribution in [3.8, 4) is 6.07 Å². The summed E-state index contributed by atoms with van der Waals surface area (Å²) in [7, 11) is 1.54. The number of rotatable bonds is 5. The number of nitriles is 1. The highest BCUT2D eigenvalue weighted by Crippen LogP contribution is 2.23. The average Bonchev–Trinajstić information content (AvgIpc) is 2.61. The van der Waals surface area contributed by atoms with Gasteiger partial charge in [-0.15, -0.1) is 0 Å². The molecule has 1 aromatic carbocycles. The second-order valence-electron chi connectivity index (χ2n) is 5.61. The molecule has 0 fully saturated rings. The van der Waals surface area contributed by atoms with Gasteiger partial charge in [-0.05, 0) is 24.6 Å². The zero-order chi connectivity index (χ0) is 19.4. The number of aryl methyl sites for hydroxylation is 1. The molecule has 0 bridgehead atoms. The van der Waals surface area contributed by atoms with E-state index in [1.165, 1.54) is 15.7 Å². The monoisotopic (exact) mass is 394 g/mol. The number of hydrogen-bond acceptors (Lipinski definition) is 4. The van der Waals surface area contributed by atoms with Crippen molar-refractivity contribution in [3.63, 3.8) is 0 Å². The molecule has 1 heterocycles. The minimum atomic E-state index is -0.779. The molecule has 26 heavy (non-hydrogen) atoms. The van der Waals surface area contributed by atoms with E-state index >= 15 is 0 Å². The molecule has 7 nitrogen and oxygen atoms in total. The first kappa shape index (κ1) is 19.8. The molecule has 1 aromatic heterocycles. The lowest BCUT2D eigenvalue weighted by atomic mass is 10.2. The highest BCUT2D eigenvalue weighted by atomic mass is 35.5. The third-order valence-corrected chi connectivity index (χ3v) is 4.56. The van der Waals surface area contributed by atoms with Crippen molar-refractivity contribution in [2.45, 2.75) is 26.6 Å². The van der Waals surface area contributed by atoms with Crippen LogP contribution in [-0.4, -0.2) is 27.0 Å². The fourth-order valence-electron chi connectivity index (χ4n) is 2.35. The van der Waals surface area contributed by atoms with Crippen molar-refractivity contribution >= 4 is 29.1 Å². The van der Waals surface area contributed by atoms with Crippen molar-refractivity contribution in [2.24, 2.45) is 0 Å². The van der Waals surface area contributed by atoms with E-state index in [4.69, 9.17) is 28.5 Å². The standard InChI is InChI=1S/C17H16Cl2N4O3/c1-3-22-9-12(7-20)16(25)23(17(22)26)10-15(24)21(2)8-11-4-5-13(18)14(19)6-11/h4-6,9H,3,8,10H2,1-2H3. The highest BCUT2D eigenvalue weighted by molar-refractivity contribution is 6.42. The van der Waals surface area contributed by atoms with Gasteiger partial charge in [0.2, 0.25) is 5.91 Å².